The zero-order valence-corrected chi connectivity index (χ0v) is 20.1. The third-order valence-electron chi connectivity index (χ3n) is 3.98. The van der Waals surface area contributed by atoms with Gasteiger partial charge in [0.2, 0.25) is 0 Å². The van der Waals surface area contributed by atoms with Crippen molar-refractivity contribution < 1.29 is 14.3 Å². The number of benzene rings is 2. The van der Waals surface area contributed by atoms with Crippen molar-refractivity contribution in [1.29, 1.82) is 0 Å². The molecule has 0 atom stereocenters. The Morgan fingerprint density at radius 3 is 2.50 bits per heavy atom. The van der Waals surface area contributed by atoms with E-state index in [2.05, 4.69) is 17.1 Å². The number of hydrogen-bond acceptors (Lipinski definition) is 5. The van der Waals surface area contributed by atoms with Gasteiger partial charge in [0.25, 0.3) is 11.8 Å². The second kappa shape index (κ2) is 11.1. The highest BCUT2D eigenvalue weighted by Crippen LogP contribution is 2.34. The predicted molar refractivity (Wildman–Crippen MR) is 131 cm³/mol. The maximum atomic E-state index is 12.7. The quantitative estimate of drug-likeness (QED) is 0.210. The number of amides is 2. The minimum atomic E-state index is -0.554. The average molecular weight is 531 g/mol. The molecule has 0 aliphatic carbocycles. The lowest BCUT2D eigenvalue weighted by molar-refractivity contribution is -0.123. The van der Waals surface area contributed by atoms with Crippen LogP contribution in [0.5, 0.6) is 5.75 Å². The third kappa shape index (κ3) is 6.21. The molecule has 2 aromatic rings. The number of carbonyl (C=O) groups excluding carboxylic acids is 2. The molecule has 166 valence electrons. The summed E-state index contributed by atoms with van der Waals surface area (Å²) in [4.78, 5) is 26.8. The minimum absolute atomic E-state index is 0.204. The van der Waals surface area contributed by atoms with E-state index in [4.69, 9.17) is 51.1 Å². The number of halogens is 4. The number of carbonyl (C=O) groups is 2. The van der Waals surface area contributed by atoms with Gasteiger partial charge in [-0.05, 0) is 41.6 Å². The highest BCUT2D eigenvalue weighted by molar-refractivity contribution is 8.18. The number of rotatable bonds is 7. The van der Waals surface area contributed by atoms with Crippen LogP contribution in [0.25, 0.3) is 6.08 Å². The third-order valence-corrected chi connectivity index (χ3v) is 6.25. The standard InChI is InChI=1S/C21H15Cl4N3O3S/c1-2-7-28-20(30)18(8-12-3-5-13(22)6-4-12)32-21(28)27-26-19(29)11-31-17-10-15(24)14(23)9-16(17)25/h2-6,8-10H,1,7,11H2,(H,26,29)/b18-8-,27-21+. The zero-order chi connectivity index (χ0) is 23.3. The van der Waals surface area contributed by atoms with Gasteiger partial charge in [0.1, 0.15) is 5.75 Å². The summed E-state index contributed by atoms with van der Waals surface area (Å²) in [6.45, 7) is 3.52. The first-order valence-electron chi connectivity index (χ1n) is 9.00. The van der Waals surface area contributed by atoms with Crippen LogP contribution < -0.4 is 10.2 Å². The van der Waals surface area contributed by atoms with Crippen molar-refractivity contribution in [3.05, 3.63) is 79.6 Å². The molecule has 1 N–H and O–H groups in total. The van der Waals surface area contributed by atoms with Gasteiger partial charge in [-0.2, -0.15) is 0 Å². The molecule has 2 amide bonds. The fourth-order valence-corrected chi connectivity index (χ4v) is 4.16. The van der Waals surface area contributed by atoms with Crippen molar-refractivity contribution in [2.75, 3.05) is 13.2 Å². The first-order valence-corrected chi connectivity index (χ1v) is 11.3. The number of ether oxygens (including phenoxy) is 1. The molecular formula is C21H15Cl4N3O3S. The Hall–Kier alpha value is -2.16. The largest absolute Gasteiger partial charge is 0.482 e. The maximum Gasteiger partial charge on any atom is 0.278 e. The zero-order valence-electron chi connectivity index (χ0n) is 16.3. The van der Waals surface area contributed by atoms with E-state index in [0.717, 1.165) is 17.3 Å². The summed E-state index contributed by atoms with van der Waals surface area (Å²) < 4.78 is 5.37. The Balaban J connectivity index is 1.68. The molecular weight excluding hydrogens is 516 g/mol. The number of hydrogen-bond donors (Lipinski definition) is 1. The van der Waals surface area contributed by atoms with Crippen LogP contribution in [-0.4, -0.2) is 35.0 Å². The lowest BCUT2D eigenvalue weighted by Crippen LogP contribution is -2.32. The van der Waals surface area contributed by atoms with E-state index < -0.39 is 5.91 Å². The monoisotopic (exact) mass is 529 g/mol. The fourth-order valence-electron chi connectivity index (χ4n) is 2.49. The minimum Gasteiger partial charge on any atom is -0.482 e. The molecule has 3 rings (SSSR count). The average Bonchev–Trinajstić information content (AvgIpc) is 3.05. The second-order valence-electron chi connectivity index (χ2n) is 6.28. The van der Waals surface area contributed by atoms with Gasteiger partial charge in [-0.25, -0.2) is 5.43 Å². The molecule has 1 aliphatic heterocycles. The predicted octanol–water partition coefficient (Wildman–Crippen LogP) is 5.87. The Labute approximate surface area is 208 Å². The van der Waals surface area contributed by atoms with Crippen LogP contribution in [0.2, 0.25) is 20.1 Å². The molecule has 0 bridgehead atoms. The summed E-state index contributed by atoms with van der Waals surface area (Å²) in [6, 6.07) is 9.88. The van der Waals surface area contributed by atoms with Crippen LogP contribution in [0.4, 0.5) is 0 Å². The molecule has 6 nitrogen and oxygen atoms in total. The van der Waals surface area contributed by atoms with Crippen LogP contribution in [0.15, 0.2) is 59.1 Å². The van der Waals surface area contributed by atoms with Gasteiger partial charge in [-0.15, -0.1) is 11.7 Å². The van der Waals surface area contributed by atoms with Crippen LogP contribution in [0, 0.1) is 0 Å². The van der Waals surface area contributed by atoms with Gasteiger partial charge < -0.3 is 4.74 Å². The molecule has 0 aromatic heterocycles. The van der Waals surface area contributed by atoms with Crippen LogP contribution in [0.1, 0.15) is 5.56 Å². The summed E-state index contributed by atoms with van der Waals surface area (Å²) in [5.41, 5.74) is 3.18. The molecule has 1 fully saturated rings. The van der Waals surface area contributed by atoms with E-state index >= 15 is 0 Å². The molecule has 0 saturated carbocycles. The summed E-state index contributed by atoms with van der Waals surface area (Å²) in [5.74, 6) is -0.603. The first-order chi connectivity index (χ1) is 15.3. The number of nitrogens with zero attached hydrogens (tertiary/aromatic N) is 2. The topological polar surface area (TPSA) is 71.0 Å². The van der Waals surface area contributed by atoms with Crippen molar-refractivity contribution in [2.45, 2.75) is 0 Å². The maximum absolute atomic E-state index is 12.7. The molecule has 1 aliphatic rings. The van der Waals surface area contributed by atoms with Gasteiger partial charge in [-0.3, -0.25) is 14.5 Å². The lowest BCUT2D eigenvalue weighted by Gasteiger charge is -2.12. The molecule has 0 unspecified atom stereocenters. The van der Waals surface area contributed by atoms with E-state index in [-0.39, 0.29) is 39.9 Å². The number of nitrogens with one attached hydrogen (secondary N) is 1. The fraction of sp³-hybridized carbons (Fsp3) is 0.0952. The number of thioether (sulfide) groups is 1. The van der Waals surface area contributed by atoms with Gasteiger partial charge in [-0.1, -0.05) is 64.6 Å². The van der Waals surface area contributed by atoms with Crippen molar-refractivity contribution >= 4 is 81.2 Å². The summed E-state index contributed by atoms with van der Waals surface area (Å²) >= 11 is 24.9. The van der Waals surface area contributed by atoms with Crippen LogP contribution in [-0.2, 0) is 9.59 Å². The number of hydrazone groups is 1. The summed E-state index contributed by atoms with van der Waals surface area (Å²) in [7, 11) is 0. The molecule has 0 radical (unpaired) electrons. The van der Waals surface area contributed by atoms with E-state index in [1.54, 1.807) is 36.4 Å². The first kappa shape index (κ1) is 24.5. The highest BCUT2D eigenvalue weighted by atomic mass is 35.5. The lowest BCUT2D eigenvalue weighted by atomic mass is 10.2. The Kier molecular flexibility index (Phi) is 8.51. The SMILES string of the molecule is C=CCN1C(=O)/C(=C/c2ccc(Cl)cc2)S/C1=N/NC(=O)COc1cc(Cl)c(Cl)cc1Cl. The van der Waals surface area contributed by atoms with E-state index in [1.807, 2.05) is 0 Å². The van der Waals surface area contributed by atoms with Gasteiger partial charge >= 0.3 is 0 Å². The van der Waals surface area contributed by atoms with Crippen molar-refractivity contribution in [1.82, 2.24) is 10.3 Å². The van der Waals surface area contributed by atoms with Gasteiger partial charge in [0.15, 0.2) is 11.8 Å². The molecule has 11 heteroatoms. The summed E-state index contributed by atoms with van der Waals surface area (Å²) in [6.07, 6.45) is 3.29. The second-order valence-corrected chi connectivity index (χ2v) is 8.95. The van der Waals surface area contributed by atoms with E-state index in [9.17, 15) is 9.59 Å². The van der Waals surface area contributed by atoms with Crippen molar-refractivity contribution in [3.8, 4) is 5.75 Å². The highest BCUT2D eigenvalue weighted by Gasteiger charge is 2.32. The Morgan fingerprint density at radius 1 is 1.12 bits per heavy atom. The molecule has 1 saturated heterocycles. The van der Waals surface area contributed by atoms with Crippen LogP contribution >= 0.6 is 58.2 Å². The van der Waals surface area contributed by atoms with Gasteiger partial charge in [0.05, 0.1) is 20.0 Å². The Bertz CT molecular complexity index is 1120. The van der Waals surface area contributed by atoms with E-state index in [0.29, 0.717) is 15.1 Å². The van der Waals surface area contributed by atoms with Crippen molar-refractivity contribution in [2.24, 2.45) is 5.10 Å². The van der Waals surface area contributed by atoms with Crippen molar-refractivity contribution in [3.63, 3.8) is 0 Å². The molecule has 1 heterocycles. The smallest absolute Gasteiger partial charge is 0.278 e. The molecule has 2 aromatic carbocycles. The normalized spacial score (nSPS) is 16.0. The van der Waals surface area contributed by atoms with Gasteiger partial charge in [0, 0.05) is 17.6 Å². The molecule has 0 spiro atoms. The Morgan fingerprint density at radius 2 is 1.81 bits per heavy atom. The van der Waals surface area contributed by atoms with E-state index in [1.165, 1.54) is 17.0 Å². The summed E-state index contributed by atoms with van der Waals surface area (Å²) in [5, 5.41) is 5.69. The van der Waals surface area contributed by atoms with Crippen LogP contribution in [0.3, 0.4) is 0 Å². The molecule has 32 heavy (non-hydrogen) atoms. The number of amidine groups is 1.